The van der Waals surface area contributed by atoms with Gasteiger partial charge >= 0.3 is 0 Å². The quantitative estimate of drug-likeness (QED) is 0.813. The predicted molar refractivity (Wildman–Crippen MR) is 53.7 cm³/mol. The number of rotatable bonds is 3. The van der Waals surface area contributed by atoms with Crippen molar-refractivity contribution in [3.8, 4) is 0 Å². The Balaban J connectivity index is 2.04. The van der Waals surface area contributed by atoms with Crippen LogP contribution in [0.5, 0.6) is 0 Å². The van der Waals surface area contributed by atoms with Crippen molar-refractivity contribution in [1.82, 2.24) is 0 Å². The summed E-state index contributed by atoms with van der Waals surface area (Å²) in [6.45, 7) is 0. The van der Waals surface area contributed by atoms with Gasteiger partial charge in [-0.15, -0.1) is 11.3 Å². The van der Waals surface area contributed by atoms with Crippen molar-refractivity contribution in [1.29, 1.82) is 0 Å². The molecule has 0 saturated carbocycles. The molecule has 0 aromatic carbocycles. The molecule has 0 amide bonds. The van der Waals surface area contributed by atoms with E-state index in [-0.39, 0.29) is 6.04 Å². The highest BCUT2D eigenvalue weighted by atomic mass is 32.1. The van der Waals surface area contributed by atoms with Crippen LogP contribution in [0.1, 0.15) is 16.5 Å². The molecule has 0 radical (unpaired) electrons. The first-order valence-electron chi connectivity index (χ1n) is 4.16. The molecule has 3 heteroatoms. The Labute approximate surface area is 81.0 Å². The van der Waals surface area contributed by atoms with E-state index in [9.17, 15) is 0 Å². The number of thiophene rings is 1. The molecule has 0 aliphatic carbocycles. The summed E-state index contributed by atoms with van der Waals surface area (Å²) in [7, 11) is 0. The maximum atomic E-state index is 6.00. The highest BCUT2D eigenvalue weighted by Crippen LogP contribution is 2.20. The van der Waals surface area contributed by atoms with Gasteiger partial charge in [-0.25, -0.2) is 0 Å². The van der Waals surface area contributed by atoms with Gasteiger partial charge in [0.2, 0.25) is 0 Å². The molecular formula is C10H11NOS. The van der Waals surface area contributed by atoms with Gasteiger partial charge in [0, 0.05) is 10.9 Å². The molecule has 0 fully saturated rings. The Morgan fingerprint density at radius 1 is 1.46 bits per heavy atom. The Morgan fingerprint density at radius 3 is 3.00 bits per heavy atom. The number of furan rings is 1. The Kier molecular flexibility index (Phi) is 2.47. The molecule has 2 aromatic rings. The Bertz CT molecular complexity index is 339. The van der Waals surface area contributed by atoms with Gasteiger partial charge < -0.3 is 10.2 Å². The van der Waals surface area contributed by atoms with Gasteiger partial charge in [-0.05, 0) is 29.5 Å². The fourth-order valence-electron chi connectivity index (χ4n) is 1.27. The van der Waals surface area contributed by atoms with Crippen LogP contribution in [-0.4, -0.2) is 0 Å². The number of nitrogens with two attached hydrogens (primary N) is 1. The first-order chi connectivity index (χ1) is 6.36. The maximum absolute atomic E-state index is 6.00. The molecule has 68 valence electrons. The third-order valence-corrected chi connectivity index (χ3v) is 2.95. The van der Waals surface area contributed by atoms with E-state index >= 15 is 0 Å². The second-order valence-electron chi connectivity index (χ2n) is 2.96. The van der Waals surface area contributed by atoms with Crippen LogP contribution in [0.4, 0.5) is 0 Å². The Hall–Kier alpha value is -1.06. The molecule has 0 aliphatic heterocycles. The minimum absolute atomic E-state index is 0.0950. The van der Waals surface area contributed by atoms with E-state index in [1.54, 1.807) is 23.9 Å². The van der Waals surface area contributed by atoms with Crippen LogP contribution >= 0.6 is 11.3 Å². The number of hydrogen-bond acceptors (Lipinski definition) is 3. The minimum atomic E-state index is 0.0950. The zero-order valence-electron chi connectivity index (χ0n) is 7.14. The highest BCUT2D eigenvalue weighted by Gasteiger charge is 2.08. The van der Waals surface area contributed by atoms with E-state index < -0.39 is 0 Å². The molecule has 13 heavy (non-hydrogen) atoms. The van der Waals surface area contributed by atoms with Crippen LogP contribution in [0.2, 0.25) is 0 Å². The van der Waals surface area contributed by atoms with Crippen LogP contribution in [0.15, 0.2) is 40.5 Å². The summed E-state index contributed by atoms with van der Waals surface area (Å²) >= 11 is 1.70. The molecular weight excluding hydrogens is 182 g/mol. The molecule has 0 saturated heterocycles. The first kappa shape index (κ1) is 8.53. The van der Waals surface area contributed by atoms with Crippen molar-refractivity contribution in [3.63, 3.8) is 0 Å². The van der Waals surface area contributed by atoms with Gasteiger partial charge in [0.1, 0.15) is 0 Å². The normalized spacial score (nSPS) is 13.0. The first-order valence-corrected chi connectivity index (χ1v) is 5.04. The summed E-state index contributed by atoms with van der Waals surface area (Å²) in [5.74, 6) is 0. The largest absolute Gasteiger partial charge is 0.472 e. The van der Waals surface area contributed by atoms with E-state index in [4.69, 9.17) is 10.2 Å². The molecule has 2 N–H and O–H groups in total. The van der Waals surface area contributed by atoms with Gasteiger partial charge in [-0.3, -0.25) is 0 Å². The predicted octanol–water partition coefficient (Wildman–Crippen LogP) is 2.58. The summed E-state index contributed by atoms with van der Waals surface area (Å²) in [5, 5.41) is 2.05. The standard InChI is InChI=1S/C10H11NOS/c11-9(10-2-1-5-13-10)6-8-3-4-12-7-8/h1-5,7,9H,6,11H2. The molecule has 2 nitrogen and oxygen atoms in total. The lowest BCUT2D eigenvalue weighted by Gasteiger charge is -2.06. The van der Waals surface area contributed by atoms with E-state index in [0.717, 1.165) is 12.0 Å². The topological polar surface area (TPSA) is 39.2 Å². The van der Waals surface area contributed by atoms with Gasteiger partial charge in [0.25, 0.3) is 0 Å². The van der Waals surface area contributed by atoms with E-state index in [0.29, 0.717) is 0 Å². The SMILES string of the molecule is NC(Cc1ccoc1)c1cccs1. The average Bonchev–Trinajstić information content (AvgIpc) is 2.74. The molecule has 2 aromatic heterocycles. The second-order valence-corrected chi connectivity index (χ2v) is 3.94. The highest BCUT2D eigenvalue weighted by molar-refractivity contribution is 7.10. The van der Waals surface area contributed by atoms with Gasteiger partial charge in [0.15, 0.2) is 0 Å². The van der Waals surface area contributed by atoms with E-state index in [1.165, 1.54) is 4.88 Å². The summed E-state index contributed by atoms with van der Waals surface area (Å²) in [4.78, 5) is 1.22. The van der Waals surface area contributed by atoms with Gasteiger partial charge in [0.05, 0.1) is 12.5 Å². The summed E-state index contributed by atoms with van der Waals surface area (Å²) in [5.41, 5.74) is 7.15. The van der Waals surface area contributed by atoms with Crippen LogP contribution < -0.4 is 5.73 Å². The van der Waals surface area contributed by atoms with Crippen LogP contribution in [0, 0.1) is 0 Å². The summed E-state index contributed by atoms with van der Waals surface area (Å²) in [6.07, 6.45) is 4.26. The molecule has 1 unspecified atom stereocenters. The fourth-order valence-corrected chi connectivity index (χ4v) is 2.00. The monoisotopic (exact) mass is 193 g/mol. The lowest BCUT2D eigenvalue weighted by molar-refractivity contribution is 0.561. The minimum Gasteiger partial charge on any atom is -0.472 e. The number of hydrogen-bond donors (Lipinski definition) is 1. The van der Waals surface area contributed by atoms with Gasteiger partial charge in [-0.2, -0.15) is 0 Å². The van der Waals surface area contributed by atoms with Crippen molar-refractivity contribution in [2.75, 3.05) is 0 Å². The fraction of sp³-hybridized carbons (Fsp3) is 0.200. The third kappa shape index (κ3) is 1.99. The summed E-state index contributed by atoms with van der Waals surface area (Å²) in [6, 6.07) is 6.13. The van der Waals surface area contributed by atoms with Crippen molar-refractivity contribution < 1.29 is 4.42 Å². The lowest BCUT2D eigenvalue weighted by Crippen LogP contribution is -2.11. The van der Waals surface area contributed by atoms with Crippen LogP contribution in [-0.2, 0) is 6.42 Å². The zero-order chi connectivity index (χ0) is 9.10. The summed E-state index contributed by atoms with van der Waals surface area (Å²) < 4.78 is 4.98. The van der Waals surface area contributed by atoms with Crippen molar-refractivity contribution in [2.45, 2.75) is 12.5 Å². The Morgan fingerprint density at radius 2 is 2.38 bits per heavy atom. The molecule has 0 bridgehead atoms. The van der Waals surface area contributed by atoms with Crippen molar-refractivity contribution in [2.24, 2.45) is 5.73 Å². The molecule has 2 heterocycles. The molecule has 0 spiro atoms. The van der Waals surface area contributed by atoms with Crippen LogP contribution in [0.3, 0.4) is 0 Å². The van der Waals surface area contributed by atoms with Crippen LogP contribution in [0.25, 0.3) is 0 Å². The van der Waals surface area contributed by atoms with Crippen molar-refractivity contribution >= 4 is 11.3 Å². The second kappa shape index (κ2) is 3.77. The van der Waals surface area contributed by atoms with E-state index in [1.807, 2.05) is 17.5 Å². The molecule has 1 atom stereocenters. The third-order valence-electron chi connectivity index (χ3n) is 1.94. The smallest absolute Gasteiger partial charge is 0.0935 e. The van der Waals surface area contributed by atoms with Crippen molar-refractivity contribution in [3.05, 3.63) is 46.5 Å². The van der Waals surface area contributed by atoms with Gasteiger partial charge in [-0.1, -0.05) is 6.07 Å². The average molecular weight is 193 g/mol. The maximum Gasteiger partial charge on any atom is 0.0935 e. The lowest BCUT2D eigenvalue weighted by atomic mass is 10.1. The molecule has 2 rings (SSSR count). The molecule has 0 aliphatic rings. The zero-order valence-corrected chi connectivity index (χ0v) is 7.96. The van der Waals surface area contributed by atoms with E-state index in [2.05, 4.69) is 6.07 Å².